The molecule has 0 saturated heterocycles. The van der Waals surface area contributed by atoms with E-state index < -0.39 is 0 Å². The number of benzene rings is 1. The minimum atomic E-state index is -0.00313. The minimum absolute atomic E-state index is 0.00313. The van der Waals surface area contributed by atoms with Crippen molar-refractivity contribution in [1.29, 1.82) is 0 Å². The van der Waals surface area contributed by atoms with Crippen molar-refractivity contribution in [3.8, 4) is 0 Å². The maximum absolute atomic E-state index is 12.3. The molecule has 3 aromatic heterocycles. The van der Waals surface area contributed by atoms with Gasteiger partial charge in [0.1, 0.15) is 11.3 Å². The van der Waals surface area contributed by atoms with E-state index in [1.807, 2.05) is 104 Å². The first kappa shape index (κ1) is 36.6. The Morgan fingerprint density at radius 3 is 2.23 bits per heavy atom. The molecule has 0 aliphatic carbocycles. The number of likely N-dealkylation sites (N-methyl/N-ethyl adjacent to an activating group) is 1. The van der Waals surface area contributed by atoms with E-state index in [0.717, 1.165) is 41.4 Å². The van der Waals surface area contributed by atoms with E-state index >= 15 is 0 Å². The van der Waals surface area contributed by atoms with Gasteiger partial charge in [0, 0.05) is 22.8 Å². The second-order valence-electron chi connectivity index (χ2n) is 7.22. The second kappa shape index (κ2) is 22.4. The lowest BCUT2D eigenvalue weighted by Crippen LogP contribution is -2.33. The molecule has 10 heteroatoms. The van der Waals surface area contributed by atoms with Gasteiger partial charge in [-0.2, -0.15) is 5.10 Å². The molecule has 40 heavy (non-hydrogen) atoms. The molecule has 4 aromatic rings. The first-order valence-corrected chi connectivity index (χ1v) is 15.4. The second-order valence-corrected chi connectivity index (χ2v) is 8.26. The van der Waals surface area contributed by atoms with Gasteiger partial charge < -0.3 is 10.6 Å². The van der Waals surface area contributed by atoms with Gasteiger partial charge in [-0.05, 0) is 67.7 Å². The summed E-state index contributed by atoms with van der Waals surface area (Å²) >= 11 is 1.45. The van der Waals surface area contributed by atoms with Crippen LogP contribution in [0.1, 0.15) is 75.7 Å². The average Bonchev–Trinajstić information content (AvgIpc) is 3.71. The molecular formula is C30H50N8OS. The molecule has 0 fully saturated rings. The molecule has 0 aliphatic rings. The number of aromatic amines is 1. The number of amides is 1. The van der Waals surface area contributed by atoms with E-state index in [2.05, 4.69) is 49.7 Å². The molecule has 0 atom stereocenters. The zero-order valence-electron chi connectivity index (χ0n) is 26.1. The summed E-state index contributed by atoms with van der Waals surface area (Å²) in [5.74, 6) is 1.44. The van der Waals surface area contributed by atoms with Gasteiger partial charge in [-0.15, -0.1) is 5.10 Å². The minimum Gasteiger partial charge on any atom is -0.325 e. The van der Waals surface area contributed by atoms with Crippen molar-refractivity contribution in [2.75, 3.05) is 30.3 Å². The Hall–Kier alpha value is -3.37. The van der Waals surface area contributed by atoms with Crippen LogP contribution < -0.4 is 10.6 Å². The average molecular weight is 571 g/mol. The molecule has 0 bridgehead atoms. The fourth-order valence-electron chi connectivity index (χ4n) is 3.28. The molecule has 0 saturated carbocycles. The monoisotopic (exact) mass is 570 g/mol. The number of rotatable bonds is 10. The van der Waals surface area contributed by atoms with Crippen LogP contribution in [-0.2, 0) is 4.79 Å². The molecule has 1 amide bonds. The lowest BCUT2D eigenvalue weighted by Gasteiger charge is -2.18. The number of fused-ring (bicyclic) bond motifs is 1. The predicted octanol–water partition coefficient (Wildman–Crippen LogP) is 8.12. The highest BCUT2D eigenvalue weighted by atomic mass is 32.2. The molecule has 4 rings (SSSR count). The van der Waals surface area contributed by atoms with Gasteiger partial charge in [0.15, 0.2) is 5.82 Å². The van der Waals surface area contributed by atoms with Crippen molar-refractivity contribution in [2.45, 2.75) is 85.7 Å². The molecule has 222 valence electrons. The molecule has 0 unspecified atom stereocenters. The van der Waals surface area contributed by atoms with Crippen molar-refractivity contribution in [2.24, 2.45) is 0 Å². The smallest absolute Gasteiger partial charge is 0.238 e. The number of carbonyl (C=O) groups is 1. The van der Waals surface area contributed by atoms with Crippen molar-refractivity contribution in [3.63, 3.8) is 0 Å². The van der Waals surface area contributed by atoms with Crippen LogP contribution in [0.2, 0.25) is 0 Å². The molecule has 0 spiro atoms. The molecule has 1 aromatic carbocycles. The molecule has 0 aliphatic heterocycles. The third-order valence-corrected chi connectivity index (χ3v) is 5.69. The maximum atomic E-state index is 12.3. The molecular weight excluding hydrogens is 520 g/mol. The van der Waals surface area contributed by atoms with Crippen molar-refractivity contribution in [3.05, 3.63) is 54.9 Å². The summed E-state index contributed by atoms with van der Waals surface area (Å²) in [7, 11) is 0. The van der Waals surface area contributed by atoms with E-state index in [-0.39, 0.29) is 5.91 Å². The zero-order chi connectivity index (χ0) is 30.3. The predicted molar refractivity (Wildman–Crippen MR) is 172 cm³/mol. The number of nitrogens with one attached hydrogen (secondary N) is 3. The fourth-order valence-corrected chi connectivity index (χ4v) is 4.03. The summed E-state index contributed by atoms with van der Waals surface area (Å²) in [6.45, 7) is 22.4. The van der Waals surface area contributed by atoms with Crippen LogP contribution in [0, 0.1) is 0 Å². The highest BCUT2D eigenvalue weighted by molar-refractivity contribution is 7.99. The Morgan fingerprint density at radius 1 is 0.975 bits per heavy atom. The number of H-pyrrole nitrogens is 1. The van der Waals surface area contributed by atoms with Gasteiger partial charge in [-0.1, -0.05) is 69.2 Å². The molecule has 3 N–H and O–H groups in total. The number of hydrogen-bond acceptors (Lipinski definition) is 7. The third-order valence-electron chi connectivity index (χ3n) is 4.83. The van der Waals surface area contributed by atoms with Crippen molar-refractivity contribution in [1.82, 2.24) is 29.7 Å². The van der Waals surface area contributed by atoms with E-state index in [1.54, 1.807) is 10.7 Å². The summed E-state index contributed by atoms with van der Waals surface area (Å²) in [6, 6.07) is 13.4. The van der Waals surface area contributed by atoms with Crippen LogP contribution in [0.25, 0.3) is 5.52 Å². The van der Waals surface area contributed by atoms with E-state index in [9.17, 15) is 4.79 Å². The summed E-state index contributed by atoms with van der Waals surface area (Å²) in [6.07, 6.45) is 4.59. The van der Waals surface area contributed by atoms with Crippen LogP contribution in [0.4, 0.5) is 17.3 Å². The van der Waals surface area contributed by atoms with E-state index in [0.29, 0.717) is 17.5 Å². The number of hydrogen-bond donors (Lipinski definition) is 3. The van der Waals surface area contributed by atoms with Gasteiger partial charge in [-0.25, -0.2) is 9.50 Å². The Balaban J connectivity index is 0.00000175. The summed E-state index contributed by atoms with van der Waals surface area (Å²) in [5, 5.41) is 18.2. The van der Waals surface area contributed by atoms with Crippen LogP contribution >= 0.6 is 11.8 Å². The molecule has 9 nitrogen and oxygen atoms in total. The highest BCUT2D eigenvalue weighted by Crippen LogP contribution is 2.28. The van der Waals surface area contributed by atoms with Gasteiger partial charge in [0.05, 0.1) is 12.7 Å². The first-order chi connectivity index (χ1) is 19.6. The largest absolute Gasteiger partial charge is 0.325 e. The Bertz CT molecular complexity index is 1160. The summed E-state index contributed by atoms with van der Waals surface area (Å²) in [5.41, 5.74) is 1.64. The Labute approximate surface area is 245 Å². The number of anilines is 3. The van der Waals surface area contributed by atoms with Crippen LogP contribution in [-0.4, -0.2) is 55.2 Å². The SMILES string of the molecule is CC.CC.CC.CC.CCCN(CC)CC(=O)Nc1ccc(Sc2nc(Nc3ccn[nH]3)c3cccn3n2)cc1. The fraction of sp³-hybridized carbons (Fsp3) is 0.467. The van der Waals surface area contributed by atoms with E-state index in [1.165, 1.54) is 11.8 Å². The van der Waals surface area contributed by atoms with Crippen molar-refractivity contribution >= 4 is 40.5 Å². The standard InChI is InChI=1S/C22H26N8OS.4C2H6/c1-3-13-29(4-2)15-20(31)24-16-7-9-17(10-8-16)32-22-26-21(25-19-11-12-23-27-19)18-6-5-14-30(18)28-22;4*1-2/h5-12,14H,3-4,13,15H2,1-2H3,(H,24,31)(H2,23,25,26,27,28);4*1-2H3. The van der Waals surface area contributed by atoms with Crippen LogP contribution in [0.5, 0.6) is 0 Å². The van der Waals surface area contributed by atoms with Gasteiger partial charge in [0.2, 0.25) is 11.1 Å². The number of nitrogens with zero attached hydrogens (tertiary/aromatic N) is 5. The summed E-state index contributed by atoms with van der Waals surface area (Å²) in [4.78, 5) is 20.1. The highest BCUT2D eigenvalue weighted by Gasteiger charge is 2.11. The van der Waals surface area contributed by atoms with Gasteiger partial charge in [0.25, 0.3) is 0 Å². The van der Waals surface area contributed by atoms with Crippen LogP contribution in [0.15, 0.2) is 64.9 Å². The Kier molecular flexibility index (Phi) is 20.6. The normalized spacial score (nSPS) is 9.57. The Morgan fingerprint density at radius 2 is 1.65 bits per heavy atom. The third kappa shape index (κ3) is 12.2. The summed E-state index contributed by atoms with van der Waals surface area (Å²) < 4.78 is 1.79. The number of aromatic nitrogens is 5. The quantitative estimate of drug-likeness (QED) is 0.177. The number of carbonyl (C=O) groups excluding carboxylic acids is 1. The molecule has 3 heterocycles. The maximum Gasteiger partial charge on any atom is 0.238 e. The van der Waals surface area contributed by atoms with Crippen molar-refractivity contribution < 1.29 is 4.79 Å². The van der Waals surface area contributed by atoms with E-state index in [4.69, 9.17) is 0 Å². The zero-order valence-corrected chi connectivity index (χ0v) is 26.9. The topological polar surface area (TPSA) is 103 Å². The van der Waals surface area contributed by atoms with Gasteiger partial charge >= 0.3 is 0 Å². The van der Waals surface area contributed by atoms with Gasteiger partial charge in [-0.3, -0.25) is 14.8 Å². The lowest BCUT2D eigenvalue weighted by atomic mass is 10.3. The molecule has 0 radical (unpaired) electrons. The lowest BCUT2D eigenvalue weighted by molar-refractivity contribution is -0.117. The van der Waals surface area contributed by atoms with Crippen LogP contribution in [0.3, 0.4) is 0 Å². The first-order valence-electron chi connectivity index (χ1n) is 14.6.